The predicted molar refractivity (Wildman–Crippen MR) is 71.5 cm³/mol. The predicted octanol–water partition coefficient (Wildman–Crippen LogP) is 2.90. The maximum absolute atomic E-state index is 10.6. The van der Waals surface area contributed by atoms with Crippen molar-refractivity contribution in [3.8, 4) is 0 Å². The molecule has 0 unspecified atom stereocenters. The molecule has 0 fully saturated rings. The summed E-state index contributed by atoms with van der Waals surface area (Å²) in [7, 11) is 2.96. The molecule has 0 spiro atoms. The molecule has 0 radical (unpaired) electrons. The van der Waals surface area contributed by atoms with Crippen LogP contribution in [0.5, 0.6) is 0 Å². The maximum Gasteiger partial charge on any atom is 0.307 e. The number of carboxylic acid groups (broad SMARTS) is 1. The van der Waals surface area contributed by atoms with Gasteiger partial charge in [0.05, 0.1) is 6.42 Å². The van der Waals surface area contributed by atoms with Crippen molar-refractivity contribution >= 4 is 27.6 Å². The summed E-state index contributed by atoms with van der Waals surface area (Å²) in [5.74, 6) is -0.838. The molecule has 18 heavy (non-hydrogen) atoms. The summed E-state index contributed by atoms with van der Waals surface area (Å²) in [4.78, 5) is 19.0. The number of aromatic nitrogens is 2. The zero-order valence-corrected chi connectivity index (χ0v) is 10.9. The lowest BCUT2D eigenvalue weighted by atomic mass is 10.2. The summed E-state index contributed by atoms with van der Waals surface area (Å²) in [5, 5.41) is 10.4. The Morgan fingerprint density at radius 1 is 1.11 bits per heavy atom. The SMILES string of the molecule is O=C(O)Cc1ccnc(SSc2ccccn2)c1. The lowest BCUT2D eigenvalue weighted by Crippen LogP contribution is -2.00. The van der Waals surface area contributed by atoms with Crippen molar-refractivity contribution in [2.45, 2.75) is 16.5 Å². The van der Waals surface area contributed by atoms with Gasteiger partial charge in [0, 0.05) is 12.4 Å². The molecule has 0 saturated carbocycles. The first kappa shape index (κ1) is 12.9. The molecule has 0 saturated heterocycles. The highest BCUT2D eigenvalue weighted by Crippen LogP contribution is 2.34. The van der Waals surface area contributed by atoms with Crippen LogP contribution in [0, 0.1) is 0 Å². The monoisotopic (exact) mass is 278 g/mol. The first-order valence-electron chi connectivity index (χ1n) is 5.16. The fraction of sp³-hybridized carbons (Fsp3) is 0.0833. The molecule has 0 aromatic carbocycles. The molecule has 0 amide bonds. The number of carboxylic acids is 1. The highest BCUT2D eigenvalue weighted by molar-refractivity contribution is 8.76. The van der Waals surface area contributed by atoms with Crippen molar-refractivity contribution in [1.82, 2.24) is 9.97 Å². The van der Waals surface area contributed by atoms with E-state index in [0.717, 1.165) is 15.6 Å². The first-order chi connectivity index (χ1) is 8.74. The van der Waals surface area contributed by atoms with Crippen molar-refractivity contribution in [1.29, 1.82) is 0 Å². The van der Waals surface area contributed by atoms with Gasteiger partial charge in [-0.15, -0.1) is 0 Å². The number of hydrogen-bond acceptors (Lipinski definition) is 5. The second kappa shape index (κ2) is 6.42. The molecule has 92 valence electrons. The summed E-state index contributed by atoms with van der Waals surface area (Å²) < 4.78 is 0. The van der Waals surface area contributed by atoms with Gasteiger partial charge in [0.15, 0.2) is 0 Å². The second-order valence-corrected chi connectivity index (χ2v) is 5.58. The number of hydrogen-bond donors (Lipinski definition) is 1. The van der Waals surface area contributed by atoms with Crippen LogP contribution in [0.4, 0.5) is 0 Å². The fourth-order valence-corrected chi connectivity index (χ4v) is 3.06. The van der Waals surface area contributed by atoms with E-state index in [-0.39, 0.29) is 6.42 Å². The molecule has 2 aromatic heterocycles. The van der Waals surface area contributed by atoms with E-state index in [1.165, 1.54) is 21.6 Å². The van der Waals surface area contributed by atoms with Gasteiger partial charge in [0.1, 0.15) is 10.1 Å². The van der Waals surface area contributed by atoms with Crippen LogP contribution in [0.15, 0.2) is 52.8 Å². The smallest absolute Gasteiger partial charge is 0.307 e. The zero-order chi connectivity index (χ0) is 12.8. The number of nitrogens with zero attached hydrogens (tertiary/aromatic N) is 2. The van der Waals surface area contributed by atoms with Gasteiger partial charge in [-0.3, -0.25) is 4.79 Å². The van der Waals surface area contributed by atoms with Gasteiger partial charge in [-0.2, -0.15) is 0 Å². The molecule has 0 aliphatic rings. The summed E-state index contributed by atoms with van der Waals surface area (Å²) in [6.07, 6.45) is 3.38. The fourth-order valence-electron chi connectivity index (χ4n) is 1.26. The van der Waals surface area contributed by atoms with Gasteiger partial charge in [0.2, 0.25) is 0 Å². The summed E-state index contributed by atoms with van der Waals surface area (Å²) in [6, 6.07) is 9.20. The topological polar surface area (TPSA) is 63.1 Å². The number of pyridine rings is 2. The van der Waals surface area contributed by atoms with E-state index in [9.17, 15) is 4.79 Å². The number of aliphatic carboxylic acids is 1. The van der Waals surface area contributed by atoms with Crippen LogP contribution in [0.3, 0.4) is 0 Å². The molecule has 2 heterocycles. The van der Waals surface area contributed by atoms with E-state index in [4.69, 9.17) is 5.11 Å². The number of rotatable bonds is 5. The molecule has 0 bridgehead atoms. The lowest BCUT2D eigenvalue weighted by Gasteiger charge is -2.01. The van der Waals surface area contributed by atoms with Crippen molar-refractivity contribution in [2.75, 3.05) is 0 Å². The summed E-state index contributed by atoms with van der Waals surface area (Å²) in [5.41, 5.74) is 0.752. The van der Waals surface area contributed by atoms with E-state index < -0.39 is 5.97 Å². The van der Waals surface area contributed by atoms with E-state index >= 15 is 0 Å². The first-order valence-corrected chi connectivity index (χ1v) is 7.31. The normalized spacial score (nSPS) is 10.2. The third-order valence-electron chi connectivity index (χ3n) is 2.00. The van der Waals surface area contributed by atoms with E-state index in [1.807, 2.05) is 18.2 Å². The average molecular weight is 278 g/mol. The molecule has 0 aliphatic carbocycles. The Hall–Kier alpha value is -1.53. The number of carbonyl (C=O) groups is 1. The molecule has 4 nitrogen and oxygen atoms in total. The largest absolute Gasteiger partial charge is 0.481 e. The lowest BCUT2D eigenvalue weighted by molar-refractivity contribution is -0.136. The molecular formula is C12H10N2O2S2. The standard InChI is InChI=1S/C12H10N2O2S2/c15-12(16)8-9-4-6-14-11(7-9)18-17-10-3-1-2-5-13-10/h1-7H,8H2,(H,15,16). The van der Waals surface area contributed by atoms with Gasteiger partial charge >= 0.3 is 5.97 Å². The van der Waals surface area contributed by atoms with E-state index in [1.54, 1.807) is 24.5 Å². The summed E-state index contributed by atoms with van der Waals surface area (Å²) >= 11 is 0. The average Bonchev–Trinajstić information content (AvgIpc) is 2.37. The van der Waals surface area contributed by atoms with Gasteiger partial charge < -0.3 is 5.11 Å². The maximum atomic E-state index is 10.6. The molecule has 2 aromatic rings. The molecule has 2 rings (SSSR count). The van der Waals surface area contributed by atoms with Crippen molar-refractivity contribution in [2.24, 2.45) is 0 Å². The minimum atomic E-state index is -0.838. The van der Waals surface area contributed by atoms with E-state index in [0.29, 0.717) is 0 Å². The van der Waals surface area contributed by atoms with Crippen molar-refractivity contribution in [3.63, 3.8) is 0 Å². The van der Waals surface area contributed by atoms with Crippen molar-refractivity contribution < 1.29 is 9.90 Å². The molecule has 0 aliphatic heterocycles. The van der Waals surface area contributed by atoms with Crippen molar-refractivity contribution in [3.05, 3.63) is 48.3 Å². The zero-order valence-electron chi connectivity index (χ0n) is 9.31. The van der Waals surface area contributed by atoms with Crippen LogP contribution >= 0.6 is 21.6 Å². The van der Waals surface area contributed by atoms with Crippen LogP contribution in [0.1, 0.15) is 5.56 Å². The summed E-state index contributed by atoms with van der Waals surface area (Å²) in [6.45, 7) is 0. The van der Waals surface area contributed by atoms with Gasteiger partial charge in [0.25, 0.3) is 0 Å². The Labute approximate surface area is 112 Å². The molecule has 1 N–H and O–H groups in total. The van der Waals surface area contributed by atoms with E-state index in [2.05, 4.69) is 9.97 Å². The molecular weight excluding hydrogens is 268 g/mol. The third-order valence-corrected chi connectivity index (χ3v) is 4.17. The van der Waals surface area contributed by atoms with Crippen LogP contribution < -0.4 is 0 Å². The second-order valence-electron chi connectivity index (χ2n) is 3.41. The van der Waals surface area contributed by atoms with Gasteiger partial charge in [-0.25, -0.2) is 9.97 Å². The Morgan fingerprint density at radius 3 is 2.61 bits per heavy atom. The minimum Gasteiger partial charge on any atom is -0.481 e. The van der Waals surface area contributed by atoms with Gasteiger partial charge in [-0.05, 0) is 51.4 Å². The minimum absolute atomic E-state index is 0.0182. The van der Waals surface area contributed by atoms with Crippen LogP contribution in [0.2, 0.25) is 0 Å². The Morgan fingerprint density at radius 2 is 1.89 bits per heavy atom. The van der Waals surface area contributed by atoms with Crippen LogP contribution in [-0.2, 0) is 11.2 Å². The third kappa shape index (κ3) is 4.05. The highest BCUT2D eigenvalue weighted by Gasteiger charge is 2.04. The van der Waals surface area contributed by atoms with Gasteiger partial charge in [-0.1, -0.05) is 6.07 Å². The Bertz CT molecular complexity index is 535. The highest BCUT2D eigenvalue weighted by atomic mass is 33.1. The quantitative estimate of drug-likeness (QED) is 0.848. The van der Waals surface area contributed by atoms with Crippen LogP contribution in [0.25, 0.3) is 0 Å². The van der Waals surface area contributed by atoms with Crippen LogP contribution in [-0.4, -0.2) is 21.0 Å². The molecule has 0 atom stereocenters. The Kier molecular flexibility index (Phi) is 4.60. The Balaban J connectivity index is 1.99. The molecule has 6 heteroatoms.